The highest BCUT2D eigenvalue weighted by atomic mass is 16.5. The average Bonchev–Trinajstić information content (AvgIpc) is 2.77. The van der Waals surface area contributed by atoms with Crippen molar-refractivity contribution < 1.29 is 9.47 Å². The summed E-state index contributed by atoms with van der Waals surface area (Å²) in [7, 11) is 1.72. The molecule has 4 aliphatic heterocycles. The van der Waals surface area contributed by atoms with Crippen LogP contribution in [0.4, 0.5) is 0 Å². The van der Waals surface area contributed by atoms with E-state index in [1.54, 1.807) is 13.3 Å². The van der Waals surface area contributed by atoms with Gasteiger partial charge in [-0.05, 0) is 32.0 Å². The highest BCUT2D eigenvalue weighted by molar-refractivity contribution is 5.45. The summed E-state index contributed by atoms with van der Waals surface area (Å²) >= 11 is 0. The zero-order valence-corrected chi connectivity index (χ0v) is 10.7. The van der Waals surface area contributed by atoms with Crippen molar-refractivity contribution in [2.75, 3.05) is 26.7 Å². The number of methoxy groups -OCH3 is 1. The van der Waals surface area contributed by atoms with E-state index in [1.807, 2.05) is 6.07 Å². The Labute approximate surface area is 107 Å². The Morgan fingerprint density at radius 1 is 1.44 bits per heavy atom. The van der Waals surface area contributed by atoms with Gasteiger partial charge in [-0.1, -0.05) is 0 Å². The normalized spacial score (nSPS) is 36.5. The van der Waals surface area contributed by atoms with Crippen LogP contribution in [-0.2, 0) is 6.42 Å². The monoisotopic (exact) mass is 246 g/mol. The third-order valence-electron chi connectivity index (χ3n) is 4.79. The molecular formula is C14H18N2O2. The molecule has 1 atom stereocenters. The van der Waals surface area contributed by atoms with E-state index in [0.29, 0.717) is 5.92 Å². The van der Waals surface area contributed by atoms with E-state index >= 15 is 0 Å². The van der Waals surface area contributed by atoms with Crippen molar-refractivity contribution in [3.8, 4) is 11.6 Å². The predicted molar refractivity (Wildman–Crippen MR) is 67.0 cm³/mol. The Morgan fingerprint density at radius 2 is 2.28 bits per heavy atom. The first-order chi connectivity index (χ1) is 8.81. The number of aromatic nitrogens is 1. The SMILES string of the molecule is COc1ccnc2c1CC1(CN3CCC1CC3)O2. The molecule has 4 aliphatic rings. The maximum atomic E-state index is 6.28. The van der Waals surface area contributed by atoms with Crippen LogP contribution in [0.25, 0.3) is 0 Å². The topological polar surface area (TPSA) is 34.6 Å². The van der Waals surface area contributed by atoms with Crippen LogP contribution in [0.1, 0.15) is 18.4 Å². The van der Waals surface area contributed by atoms with Crippen molar-refractivity contribution in [3.63, 3.8) is 0 Å². The van der Waals surface area contributed by atoms with E-state index in [9.17, 15) is 0 Å². The molecule has 0 aromatic carbocycles. The second kappa shape index (κ2) is 3.60. The van der Waals surface area contributed by atoms with Gasteiger partial charge in [-0.15, -0.1) is 0 Å². The van der Waals surface area contributed by atoms with Gasteiger partial charge in [0.2, 0.25) is 5.88 Å². The minimum Gasteiger partial charge on any atom is -0.496 e. The van der Waals surface area contributed by atoms with Crippen LogP contribution in [0.5, 0.6) is 11.6 Å². The summed E-state index contributed by atoms with van der Waals surface area (Å²) in [6.45, 7) is 3.52. The molecule has 0 saturated carbocycles. The first-order valence-corrected chi connectivity index (χ1v) is 6.74. The van der Waals surface area contributed by atoms with Gasteiger partial charge in [0.05, 0.1) is 12.7 Å². The molecule has 0 N–H and O–H groups in total. The lowest BCUT2D eigenvalue weighted by molar-refractivity contribution is -0.0814. The molecule has 2 bridgehead atoms. The molecule has 3 saturated heterocycles. The lowest BCUT2D eigenvalue weighted by Gasteiger charge is -2.50. The van der Waals surface area contributed by atoms with Gasteiger partial charge in [0.15, 0.2) is 0 Å². The second-order valence-electron chi connectivity index (χ2n) is 5.69. The minimum atomic E-state index is -0.0273. The number of hydrogen-bond acceptors (Lipinski definition) is 4. The summed E-state index contributed by atoms with van der Waals surface area (Å²) in [5.74, 6) is 2.40. The van der Waals surface area contributed by atoms with Crippen molar-refractivity contribution in [2.24, 2.45) is 5.92 Å². The molecule has 0 radical (unpaired) electrons. The molecule has 1 aromatic rings. The van der Waals surface area contributed by atoms with E-state index in [-0.39, 0.29) is 5.60 Å². The maximum Gasteiger partial charge on any atom is 0.221 e. The highest BCUT2D eigenvalue weighted by Crippen LogP contribution is 2.48. The fourth-order valence-corrected chi connectivity index (χ4v) is 3.87. The number of nitrogens with zero attached hydrogens (tertiary/aromatic N) is 2. The van der Waals surface area contributed by atoms with Gasteiger partial charge >= 0.3 is 0 Å². The molecule has 96 valence electrons. The standard InChI is InChI=1S/C14H18N2O2/c1-17-12-2-5-15-13-11(12)8-14(18-13)9-16-6-3-10(14)4-7-16/h2,5,10H,3-4,6-9H2,1H3. The summed E-state index contributed by atoms with van der Waals surface area (Å²) < 4.78 is 11.7. The zero-order chi connectivity index (χ0) is 12.2. The fourth-order valence-electron chi connectivity index (χ4n) is 3.87. The molecule has 5 heterocycles. The van der Waals surface area contributed by atoms with E-state index in [0.717, 1.165) is 30.2 Å². The first-order valence-electron chi connectivity index (χ1n) is 6.74. The minimum absolute atomic E-state index is 0.0273. The molecule has 1 aromatic heterocycles. The van der Waals surface area contributed by atoms with Crippen molar-refractivity contribution in [3.05, 3.63) is 17.8 Å². The van der Waals surface area contributed by atoms with Crippen molar-refractivity contribution in [2.45, 2.75) is 24.9 Å². The average molecular weight is 246 g/mol. The smallest absolute Gasteiger partial charge is 0.221 e. The number of pyridine rings is 1. The van der Waals surface area contributed by atoms with Gasteiger partial charge < -0.3 is 9.47 Å². The Bertz CT molecular complexity index is 483. The number of fused-ring (bicyclic) bond motifs is 3. The Balaban J connectivity index is 1.72. The number of ether oxygens (including phenoxy) is 2. The lowest BCUT2D eigenvalue weighted by Crippen LogP contribution is -2.61. The Morgan fingerprint density at radius 3 is 2.94 bits per heavy atom. The summed E-state index contributed by atoms with van der Waals surface area (Å²) in [6.07, 6.45) is 5.26. The van der Waals surface area contributed by atoms with Crippen LogP contribution < -0.4 is 9.47 Å². The molecule has 5 rings (SSSR count). The Kier molecular flexibility index (Phi) is 2.13. The lowest BCUT2D eigenvalue weighted by atomic mass is 9.73. The van der Waals surface area contributed by atoms with Crippen LogP contribution in [0.15, 0.2) is 12.3 Å². The van der Waals surface area contributed by atoms with Crippen LogP contribution >= 0.6 is 0 Å². The van der Waals surface area contributed by atoms with Crippen LogP contribution in [0, 0.1) is 5.92 Å². The molecule has 4 heteroatoms. The largest absolute Gasteiger partial charge is 0.496 e. The van der Waals surface area contributed by atoms with Gasteiger partial charge in [-0.25, -0.2) is 4.98 Å². The van der Waals surface area contributed by atoms with E-state index < -0.39 is 0 Å². The van der Waals surface area contributed by atoms with Gasteiger partial charge in [-0.2, -0.15) is 0 Å². The van der Waals surface area contributed by atoms with Crippen molar-refractivity contribution in [1.82, 2.24) is 9.88 Å². The van der Waals surface area contributed by atoms with E-state index in [4.69, 9.17) is 9.47 Å². The maximum absolute atomic E-state index is 6.28. The Hall–Kier alpha value is -1.29. The molecule has 4 nitrogen and oxygen atoms in total. The van der Waals surface area contributed by atoms with Gasteiger partial charge in [0.1, 0.15) is 11.4 Å². The van der Waals surface area contributed by atoms with Crippen molar-refractivity contribution >= 4 is 0 Å². The molecule has 1 spiro atoms. The second-order valence-corrected chi connectivity index (χ2v) is 5.69. The molecular weight excluding hydrogens is 228 g/mol. The zero-order valence-electron chi connectivity index (χ0n) is 10.7. The first kappa shape index (κ1) is 10.6. The molecule has 3 fully saturated rings. The third kappa shape index (κ3) is 1.32. The summed E-state index contributed by atoms with van der Waals surface area (Å²) in [6, 6.07) is 1.93. The summed E-state index contributed by atoms with van der Waals surface area (Å²) in [5.41, 5.74) is 1.13. The van der Waals surface area contributed by atoms with E-state index in [2.05, 4.69) is 9.88 Å². The van der Waals surface area contributed by atoms with Crippen LogP contribution in [0.2, 0.25) is 0 Å². The summed E-state index contributed by atoms with van der Waals surface area (Å²) in [4.78, 5) is 6.91. The quantitative estimate of drug-likeness (QED) is 0.752. The van der Waals surface area contributed by atoms with Crippen LogP contribution in [-0.4, -0.2) is 42.2 Å². The predicted octanol–water partition coefficient (Wildman–Crippen LogP) is 1.49. The fraction of sp³-hybridized carbons (Fsp3) is 0.643. The number of rotatable bonds is 1. The molecule has 0 amide bonds. The highest BCUT2D eigenvalue weighted by Gasteiger charge is 2.53. The number of piperidine rings is 3. The van der Waals surface area contributed by atoms with Crippen molar-refractivity contribution in [1.29, 1.82) is 0 Å². The molecule has 18 heavy (non-hydrogen) atoms. The molecule has 1 unspecified atom stereocenters. The van der Waals surface area contributed by atoms with Gasteiger partial charge in [-0.3, -0.25) is 4.90 Å². The molecule has 0 aliphatic carbocycles. The summed E-state index contributed by atoms with van der Waals surface area (Å²) in [5, 5.41) is 0. The number of hydrogen-bond donors (Lipinski definition) is 0. The third-order valence-corrected chi connectivity index (χ3v) is 4.79. The van der Waals surface area contributed by atoms with Crippen LogP contribution in [0.3, 0.4) is 0 Å². The van der Waals surface area contributed by atoms with Gasteiger partial charge in [0.25, 0.3) is 0 Å². The van der Waals surface area contributed by atoms with E-state index in [1.165, 1.54) is 25.9 Å². The van der Waals surface area contributed by atoms with Gasteiger partial charge in [0, 0.05) is 25.1 Å².